The number of aliphatic hydroxyl groups excluding tert-OH is 1. The molecule has 1 aromatic carbocycles. The van der Waals surface area contributed by atoms with Crippen LogP contribution in [0.1, 0.15) is 78.2 Å². The smallest absolute Gasteiger partial charge is 0.407 e. The topological polar surface area (TPSA) is 125 Å². The number of rotatable bonds is 9. The first-order chi connectivity index (χ1) is 19.4. The molecule has 10 heteroatoms. The molecule has 3 aliphatic rings. The van der Waals surface area contributed by atoms with Gasteiger partial charge in [0.05, 0.1) is 29.2 Å². The van der Waals surface area contributed by atoms with Crippen molar-refractivity contribution >= 4 is 21.8 Å². The van der Waals surface area contributed by atoms with E-state index >= 15 is 0 Å². The van der Waals surface area contributed by atoms with Crippen LogP contribution in [-0.2, 0) is 25.8 Å². The molecule has 2 heterocycles. The van der Waals surface area contributed by atoms with Gasteiger partial charge in [-0.3, -0.25) is 9.69 Å². The fourth-order valence-corrected chi connectivity index (χ4v) is 8.99. The molecule has 3 N–H and O–H groups in total. The lowest BCUT2D eigenvalue weighted by Crippen LogP contribution is -2.60. The summed E-state index contributed by atoms with van der Waals surface area (Å²) in [5.41, 5.74) is 0.579. The molecule has 1 aromatic rings. The lowest BCUT2D eigenvalue weighted by molar-refractivity contribution is -0.132. The van der Waals surface area contributed by atoms with E-state index in [1.165, 1.54) is 12.8 Å². The second kappa shape index (κ2) is 13.4. The van der Waals surface area contributed by atoms with Gasteiger partial charge in [0.1, 0.15) is 6.10 Å². The number of benzene rings is 1. The third-order valence-electron chi connectivity index (χ3n) is 9.01. The van der Waals surface area contributed by atoms with E-state index in [0.29, 0.717) is 24.7 Å². The van der Waals surface area contributed by atoms with Crippen molar-refractivity contribution in [2.24, 2.45) is 11.8 Å². The minimum atomic E-state index is -3.28. The van der Waals surface area contributed by atoms with Gasteiger partial charge in [-0.25, -0.2) is 13.2 Å². The third-order valence-corrected chi connectivity index (χ3v) is 11.4. The minimum Gasteiger partial charge on any atom is -0.445 e. The fourth-order valence-electron chi connectivity index (χ4n) is 6.97. The largest absolute Gasteiger partial charge is 0.445 e. The Morgan fingerprint density at radius 3 is 2.44 bits per heavy atom. The number of aliphatic hydroxyl groups is 1. The van der Waals surface area contributed by atoms with Gasteiger partial charge in [0.15, 0.2) is 9.84 Å². The van der Waals surface area contributed by atoms with Gasteiger partial charge in [0.25, 0.3) is 0 Å². The number of ether oxygens (including phenoxy) is 1. The van der Waals surface area contributed by atoms with Gasteiger partial charge >= 0.3 is 6.09 Å². The van der Waals surface area contributed by atoms with Crippen molar-refractivity contribution in [3.8, 4) is 0 Å². The van der Waals surface area contributed by atoms with Gasteiger partial charge in [-0.1, -0.05) is 56.5 Å². The summed E-state index contributed by atoms with van der Waals surface area (Å²) >= 11 is 0. The van der Waals surface area contributed by atoms with Crippen LogP contribution >= 0.6 is 0 Å². The number of carbonyl (C=O) groups is 2. The normalized spacial score (nSPS) is 29.6. The van der Waals surface area contributed by atoms with Gasteiger partial charge in [0, 0.05) is 18.6 Å². The van der Waals surface area contributed by atoms with Crippen LogP contribution in [0.4, 0.5) is 4.79 Å². The number of amides is 2. The highest BCUT2D eigenvalue weighted by atomic mass is 32.2. The molecule has 0 spiro atoms. The number of β-amino-alcohol motifs (C(OH)–C–C–N with tert-alkyl or cyclic N) is 1. The number of hydrogen-bond donors (Lipinski definition) is 3. The highest BCUT2D eigenvalue weighted by molar-refractivity contribution is 7.92. The van der Waals surface area contributed by atoms with Crippen LogP contribution in [0.25, 0.3) is 0 Å². The van der Waals surface area contributed by atoms with Gasteiger partial charge in [-0.2, -0.15) is 0 Å². The molecule has 0 bridgehead atoms. The molecule has 4 rings (SSSR count). The van der Waals surface area contributed by atoms with Crippen molar-refractivity contribution in [3.05, 3.63) is 35.9 Å². The molecule has 0 unspecified atom stereocenters. The number of piperidine rings is 1. The summed E-state index contributed by atoms with van der Waals surface area (Å²) < 4.78 is 30.3. The third kappa shape index (κ3) is 8.45. The standard InChI is InChI=1S/C31H49N3O6S/c1-5-28-27(15-16-41(28,38)39)40-30(37)32-24(17-21-11-7-6-8-12-21)26(35)20-34-19-23-14-10-9-13-22(23)18-25(34)29(36)33-31(2,3)4/h6-8,11-12,22-28,35H,5,9-10,13-20H2,1-4H3,(H,32,37)(H,33,36)/t22-,23+,24-,25-,26+,27+,28+/m0/s1. The summed E-state index contributed by atoms with van der Waals surface area (Å²) in [6.07, 6.45) is 4.07. The van der Waals surface area contributed by atoms with E-state index in [4.69, 9.17) is 4.74 Å². The van der Waals surface area contributed by atoms with Crippen molar-refractivity contribution in [3.63, 3.8) is 0 Å². The molecule has 9 nitrogen and oxygen atoms in total. The quantitative estimate of drug-likeness (QED) is 0.402. The second-order valence-electron chi connectivity index (χ2n) is 13.3. The van der Waals surface area contributed by atoms with Gasteiger partial charge in [-0.05, 0) is 70.3 Å². The molecule has 2 amide bonds. The van der Waals surface area contributed by atoms with Crippen LogP contribution in [0.2, 0.25) is 0 Å². The Bertz CT molecular complexity index is 1140. The SMILES string of the molecule is CC[C@@H]1[C@H](OC(=O)N[C@@H](Cc2ccccc2)[C@H](O)CN2C[C@H]3CCCC[C@H]3C[C@H]2C(=O)NC(C)(C)C)CCS1(=O)=O. The Balaban J connectivity index is 1.50. The van der Waals surface area contributed by atoms with E-state index in [0.717, 1.165) is 31.4 Å². The zero-order valence-corrected chi connectivity index (χ0v) is 25.9. The van der Waals surface area contributed by atoms with Crippen LogP contribution in [0.5, 0.6) is 0 Å². The number of alkyl carbamates (subject to hydrolysis) is 1. The molecule has 0 radical (unpaired) electrons. The van der Waals surface area contributed by atoms with Crippen molar-refractivity contribution in [1.29, 1.82) is 0 Å². The Labute approximate surface area is 245 Å². The molecular formula is C31H49N3O6S. The molecule has 3 fully saturated rings. The highest BCUT2D eigenvalue weighted by Gasteiger charge is 2.43. The number of fused-ring (bicyclic) bond motifs is 1. The summed E-state index contributed by atoms with van der Waals surface area (Å²) in [6.45, 7) is 8.68. The van der Waals surface area contributed by atoms with Crippen molar-refractivity contribution in [2.45, 2.75) is 114 Å². The Hall–Kier alpha value is -2.17. The van der Waals surface area contributed by atoms with Crippen molar-refractivity contribution in [1.82, 2.24) is 15.5 Å². The highest BCUT2D eigenvalue weighted by Crippen LogP contribution is 2.39. The Kier molecular flexibility index (Phi) is 10.4. The summed E-state index contributed by atoms with van der Waals surface area (Å²) in [6, 6.07) is 8.59. The monoisotopic (exact) mass is 591 g/mol. The van der Waals surface area contributed by atoms with E-state index in [-0.39, 0.29) is 36.2 Å². The molecule has 41 heavy (non-hydrogen) atoms. The number of hydrogen-bond acceptors (Lipinski definition) is 7. The van der Waals surface area contributed by atoms with Crippen LogP contribution in [0, 0.1) is 11.8 Å². The molecule has 1 saturated carbocycles. The minimum absolute atomic E-state index is 0.00859. The molecule has 2 saturated heterocycles. The molecule has 2 aliphatic heterocycles. The van der Waals surface area contributed by atoms with Gasteiger partial charge < -0.3 is 20.5 Å². The average Bonchev–Trinajstić information content (AvgIpc) is 3.19. The first kappa shape index (κ1) is 31.8. The Morgan fingerprint density at radius 2 is 1.78 bits per heavy atom. The lowest BCUT2D eigenvalue weighted by atomic mass is 9.72. The van der Waals surface area contributed by atoms with Crippen LogP contribution in [0.15, 0.2) is 30.3 Å². The maximum absolute atomic E-state index is 13.5. The predicted octanol–water partition coefficient (Wildman–Crippen LogP) is 3.45. The summed E-state index contributed by atoms with van der Waals surface area (Å²) in [5.74, 6) is 0.994. The van der Waals surface area contributed by atoms with Gasteiger partial charge in [-0.15, -0.1) is 0 Å². The molecule has 7 atom stereocenters. The fraction of sp³-hybridized carbons (Fsp3) is 0.742. The van der Waals surface area contributed by atoms with E-state index in [2.05, 4.69) is 15.5 Å². The van der Waals surface area contributed by atoms with Crippen LogP contribution < -0.4 is 10.6 Å². The number of nitrogens with one attached hydrogen (secondary N) is 2. The molecule has 1 aliphatic carbocycles. The number of sulfone groups is 1. The zero-order chi connectivity index (χ0) is 29.8. The summed E-state index contributed by atoms with van der Waals surface area (Å²) in [5, 5.41) is 16.9. The number of nitrogens with zero attached hydrogens (tertiary/aromatic N) is 1. The second-order valence-corrected chi connectivity index (χ2v) is 15.6. The molecule has 230 valence electrons. The average molecular weight is 592 g/mol. The van der Waals surface area contributed by atoms with Crippen molar-refractivity contribution < 1.29 is 27.9 Å². The number of likely N-dealkylation sites (tertiary alicyclic amines) is 1. The molecule has 0 aromatic heterocycles. The maximum atomic E-state index is 13.5. The van der Waals surface area contributed by atoms with E-state index in [9.17, 15) is 23.1 Å². The van der Waals surface area contributed by atoms with E-state index in [1.54, 1.807) is 6.92 Å². The van der Waals surface area contributed by atoms with Crippen molar-refractivity contribution in [2.75, 3.05) is 18.8 Å². The van der Waals surface area contributed by atoms with E-state index < -0.39 is 39.4 Å². The zero-order valence-electron chi connectivity index (χ0n) is 25.1. The first-order valence-corrected chi connectivity index (χ1v) is 17.0. The first-order valence-electron chi connectivity index (χ1n) is 15.3. The van der Waals surface area contributed by atoms with Gasteiger partial charge in [0.2, 0.25) is 5.91 Å². The number of carbonyl (C=O) groups excluding carboxylic acids is 2. The molecular weight excluding hydrogens is 542 g/mol. The van der Waals surface area contributed by atoms with Crippen LogP contribution in [0.3, 0.4) is 0 Å². The maximum Gasteiger partial charge on any atom is 0.407 e. The predicted molar refractivity (Wildman–Crippen MR) is 159 cm³/mol. The Morgan fingerprint density at radius 1 is 1.10 bits per heavy atom. The van der Waals surface area contributed by atoms with Crippen LogP contribution in [-0.4, -0.2) is 84.3 Å². The lowest BCUT2D eigenvalue weighted by Gasteiger charge is -2.47. The summed E-state index contributed by atoms with van der Waals surface area (Å²) in [4.78, 5) is 28.6. The summed E-state index contributed by atoms with van der Waals surface area (Å²) in [7, 11) is -3.28. The van der Waals surface area contributed by atoms with E-state index in [1.807, 2.05) is 51.1 Å².